The first-order valence-corrected chi connectivity index (χ1v) is 18.3. The summed E-state index contributed by atoms with van der Waals surface area (Å²) in [5, 5.41) is 4.52. The van der Waals surface area contributed by atoms with Crippen LogP contribution >= 0.6 is 0 Å². The van der Waals surface area contributed by atoms with Crippen LogP contribution in [0.2, 0.25) is 0 Å². The molecule has 0 saturated heterocycles. The van der Waals surface area contributed by atoms with Crippen LogP contribution in [0.1, 0.15) is 0 Å². The Morgan fingerprint density at radius 1 is 0.333 bits per heavy atom. The number of rotatable bonds is 7. The minimum Gasteiger partial charge on any atom is -0.435 e. The minimum absolute atomic E-state index is 0.620. The van der Waals surface area contributed by atoms with Gasteiger partial charge in [-0.3, -0.25) is 0 Å². The van der Waals surface area contributed by atoms with Crippen molar-refractivity contribution in [3.8, 4) is 44.8 Å². The summed E-state index contributed by atoms with van der Waals surface area (Å²) in [7, 11) is 0. The van der Waals surface area contributed by atoms with E-state index in [0.717, 1.165) is 55.6 Å². The third kappa shape index (κ3) is 5.60. The number of para-hydroxylation sites is 1. The fourth-order valence-corrected chi connectivity index (χ4v) is 7.69. The van der Waals surface area contributed by atoms with Crippen LogP contribution in [0.25, 0.3) is 77.5 Å². The SMILES string of the molecule is c1ccc(-c2ccc(-c3nc4ccc5c(-c6ccc(N(c7ccccc7)c7ccc(-c8ccccc8)cc7)c7ccccc67)cccc5c4o3)cc2)cc1. The van der Waals surface area contributed by atoms with Gasteiger partial charge in [0.15, 0.2) is 5.58 Å². The Labute approximate surface area is 314 Å². The van der Waals surface area contributed by atoms with Crippen molar-refractivity contribution >= 4 is 49.7 Å². The highest BCUT2D eigenvalue weighted by Gasteiger charge is 2.19. The van der Waals surface area contributed by atoms with Crippen molar-refractivity contribution < 1.29 is 4.42 Å². The van der Waals surface area contributed by atoms with Crippen molar-refractivity contribution in [1.82, 2.24) is 4.98 Å². The molecule has 10 rings (SSSR count). The smallest absolute Gasteiger partial charge is 0.227 e. The number of anilines is 3. The van der Waals surface area contributed by atoms with Crippen LogP contribution < -0.4 is 4.90 Å². The molecule has 3 nitrogen and oxygen atoms in total. The third-order valence-corrected chi connectivity index (χ3v) is 10.3. The number of hydrogen-bond acceptors (Lipinski definition) is 3. The van der Waals surface area contributed by atoms with Crippen molar-refractivity contribution in [2.75, 3.05) is 4.90 Å². The summed E-state index contributed by atoms with van der Waals surface area (Å²) in [4.78, 5) is 7.28. The predicted octanol–water partition coefficient (Wildman–Crippen LogP) is 14.3. The molecular formula is C51H34N2O. The Morgan fingerprint density at radius 2 is 0.833 bits per heavy atom. The molecule has 10 aromatic rings. The van der Waals surface area contributed by atoms with E-state index in [0.29, 0.717) is 5.89 Å². The second-order valence-corrected chi connectivity index (χ2v) is 13.5. The molecule has 0 aliphatic carbocycles. The van der Waals surface area contributed by atoms with E-state index in [1.807, 2.05) is 6.07 Å². The van der Waals surface area contributed by atoms with Gasteiger partial charge in [0, 0.05) is 27.7 Å². The molecule has 3 heteroatoms. The first kappa shape index (κ1) is 31.5. The van der Waals surface area contributed by atoms with Gasteiger partial charge in [-0.1, -0.05) is 158 Å². The van der Waals surface area contributed by atoms with Crippen molar-refractivity contribution in [3.05, 3.63) is 206 Å². The Bertz CT molecular complexity index is 2900. The van der Waals surface area contributed by atoms with E-state index in [1.165, 1.54) is 33.0 Å². The van der Waals surface area contributed by atoms with Gasteiger partial charge in [-0.25, -0.2) is 4.98 Å². The lowest BCUT2D eigenvalue weighted by Crippen LogP contribution is -2.10. The molecule has 0 spiro atoms. The van der Waals surface area contributed by atoms with Gasteiger partial charge in [0.1, 0.15) is 5.52 Å². The zero-order valence-electron chi connectivity index (χ0n) is 29.4. The zero-order valence-corrected chi connectivity index (χ0v) is 29.4. The molecule has 0 bridgehead atoms. The van der Waals surface area contributed by atoms with Gasteiger partial charge in [-0.15, -0.1) is 0 Å². The largest absolute Gasteiger partial charge is 0.435 e. The van der Waals surface area contributed by atoms with Gasteiger partial charge in [0.25, 0.3) is 0 Å². The molecule has 0 N–H and O–H groups in total. The van der Waals surface area contributed by atoms with Crippen LogP contribution in [0.3, 0.4) is 0 Å². The number of aromatic nitrogens is 1. The maximum absolute atomic E-state index is 6.56. The lowest BCUT2D eigenvalue weighted by molar-refractivity contribution is 0.623. The summed E-state index contributed by atoms with van der Waals surface area (Å²) in [5.41, 5.74) is 13.0. The number of fused-ring (bicyclic) bond motifs is 4. The number of nitrogens with zero attached hydrogens (tertiary/aromatic N) is 2. The Morgan fingerprint density at radius 3 is 1.52 bits per heavy atom. The third-order valence-electron chi connectivity index (χ3n) is 10.3. The van der Waals surface area contributed by atoms with Crippen LogP contribution in [0.15, 0.2) is 211 Å². The first-order valence-electron chi connectivity index (χ1n) is 18.3. The Balaban J connectivity index is 1.07. The highest BCUT2D eigenvalue weighted by Crippen LogP contribution is 2.44. The van der Waals surface area contributed by atoms with E-state index in [4.69, 9.17) is 9.40 Å². The molecular weight excluding hydrogens is 657 g/mol. The van der Waals surface area contributed by atoms with Gasteiger partial charge in [0.2, 0.25) is 5.89 Å². The summed E-state index contributed by atoms with van der Waals surface area (Å²) in [5.74, 6) is 0.620. The van der Waals surface area contributed by atoms with E-state index < -0.39 is 0 Å². The van der Waals surface area contributed by atoms with E-state index in [2.05, 4.69) is 205 Å². The first-order chi connectivity index (χ1) is 26.8. The highest BCUT2D eigenvalue weighted by atomic mass is 16.3. The van der Waals surface area contributed by atoms with Gasteiger partial charge in [-0.05, 0) is 92.7 Å². The van der Waals surface area contributed by atoms with Crippen molar-refractivity contribution in [1.29, 1.82) is 0 Å². The Hall–Kier alpha value is -7.23. The Kier molecular flexibility index (Phi) is 7.81. The quantitative estimate of drug-likeness (QED) is 0.167. The molecule has 54 heavy (non-hydrogen) atoms. The standard InChI is InChI=1S/C51H34N2O/c1-4-13-35(14-5-1)37-23-25-39(26-24-37)51-52-48-33-31-45-42(21-12-22-47(45)50(48)54-51)44-32-34-49(46-20-11-10-19-43(44)46)53(40-17-8-3-9-18-40)41-29-27-38(28-30-41)36-15-6-2-7-16-36/h1-34H. The van der Waals surface area contributed by atoms with E-state index in [-0.39, 0.29) is 0 Å². The second kappa shape index (κ2) is 13.4. The van der Waals surface area contributed by atoms with Crippen molar-refractivity contribution in [3.63, 3.8) is 0 Å². The monoisotopic (exact) mass is 690 g/mol. The maximum atomic E-state index is 6.56. The molecule has 254 valence electrons. The fraction of sp³-hybridized carbons (Fsp3) is 0. The molecule has 9 aromatic carbocycles. The lowest BCUT2D eigenvalue weighted by Gasteiger charge is -2.27. The van der Waals surface area contributed by atoms with Crippen molar-refractivity contribution in [2.24, 2.45) is 0 Å². The van der Waals surface area contributed by atoms with Gasteiger partial charge in [0.05, 0.1) is 5.69 Å². The minimum atomic E-state index is 0.620. The topological polar surface area (TPSA) is 29.3 Å². The highest BCUT2D eigenvalue weighted by molar-refractivity contribution is 6.14. The molecule has 0 radical (unpaired) electrons. The van der Waals surface area contributed by atoms with Crippen LogP contribution in [-0.2, 0) is 0 Å². The summed E-state index contributed by atoms with van der Waals surface area (Å²) in [6, 6.07) is 72.9. The number of hydrogen-bond donors (Lipinski definition) is 0. The van der Waals surface area contributed by atoms with E-state index in [1.54, 1.807) is 0 Å². The molecule has 1 heterocycles. The van der Waals surface area contributed by atoms with Crippen LogP contribution in [0.4, 0.5) is 17.1 Å². The normalized spacial score (nSPS) is 11.3. The molecule has 0 aliphatic rings. The fourth-order valence-electron chi connectivity index (χ4n) is 7.69. The average molecular weight is 691 g/mol. The average Bonchev–Trinajstić information content (AvgIpc) is 3.70. The predicted molar refractivity (Wildman–Crippen MR) is 225 cm³/mol. The van der Waals surface area contributed by atoms with Crippen LogP contribution in [0.5, 0.6) is 0 Å². The van der Waals surface area contributed by atoms with Crippen molar-refractivity contribution in [2.45, 2.75) is 0 Å². The number of oxazole rings is 1. The molecule has 1 aromatic heterocycles. The van der Waals surface area contributed by atoms with Crippen LogP contribution in [-0.4, -0.2) is 4.98 Å². The summed E-state index contributed by atoms with van der Waals surface area (Å²) < 4.78 is 6.56. The zero-order chi connectivity index (χ0) is 35.8. The molecule has 0 atom stereocenters. The van der Waals surface area contributed by atoms with Gasteiger partial charge < -0.3 is 9.32 Å². The molecule has 0 amide bonds. The van der Waals surface area contributed by atoms with Gasteiger partial charge >= 0.3 is 0 Å². The van der Waals surface area contributed by atoms with Crippen LogP contribution in [0, 0.1) is 0 Å². The summed E-state index contributed by atoms with van der Waals surface area (Å²) in [6.07, 6.45) is 0. The maximum Gasteiger partial charge on any atom is 0.227 e. The number of benzene rings is 9. The molecule has 0 fully saturated rings. The van der Waals surface area contributed by atoms with Gasteiger partial charge in [-0.2, -0.15) is 0 Å². The molecule has 0 aliphatic heterocycles. The molecule has 0 saturated carbocycles. The van der Waals surface area contributed by atoms with E-state index >= 15 is 0 Å². The summed E-state index contributed by atoms with van der Waals surface area (Å²) in [6.45, 7) is 0. The second-order valence-electron chi connectivity index (χ2n) is 13.5. The van der Waals surface area contributed by atoms with E-state index in [9.17, 15) is 0 Å². The lowest BCUT2D eigenvalue weighted by atomic mass is 9.92. The molecule has 0 unspecified atom stereocenters. The summed E-state index contributed by atoms with van der Waals surface area (Å²) >= 11 is 0.